The zero-order valence-electron chi connectivity index (χ0n) is 19.5. The molecule has 172 valence electrons. The number of ether oxygens (including phenoxy) is 2. The molecule has 1 amide bonds. The average Bonchev–Trinajstić information content (AvgIpc) is 3.36. The molecule has 0 N–H and O–H groups in total. The van der Waals surface area contributed by atoms with E-state index in [0.29, 0.717) is 23.6 Å². The normalized spacial score (nSPS) is 18.0. The lowest BCUT2D eigenvalue weighted by Gasteiger charge is -2.36. The van der Waals surface area contributed by atoms with Crippen molar-refractivity contribution in [2.24, 2.45) is 0 Å². The first-order chi connectivity index (χ1) is 15.5. The van der Waals surface area contributed by atoms with Crippen LogP contribution in [0.15, 0.2) is 36.7 Å². The zero-order chi connectivity index (χ0) is 22.5. The van der Waals surface area contributed by atoms with Crippen molar-refractivity contribution >= 4 is 5.91 Å². The lowest BCUT2D eigenvalue weighted by molar-refractivity contribution is 0.0709. The molecule has 2 aromatic rings. The molecule has 2 aliphatic rings. The molecule has 1 aromatic carbocycles. The van der Waals surface area contributed by atoms with Crippen molar-refractivity contribution in [3.05, 3.63) is 53.3 Å². The van der Waals surface area contributed by atoms with Gasteiger partial charge in [0.2, 0.25) is 0 Å². The topological polar surface area (TPSA) is 54.9 Å². The monoisotopic (exact) mass is 437 g/mol. The number of rotatable bonds is 7. The van der Waals surface area contributed by atoms with Crippen molar-refractivity contribution < 1.29 is 14.3 Å². The first-order valence-electron chi connectivity index (χ1n) is 11.8. The summed E-state index contributed by atoms with van der Waals surface area (Å²) in [6.45, 7) is 4.69. The molecule has 1 aromatic heterocycles. The third-order valence-electron chi connectivity index (χ3n) is 6.92. The maximum atomic E-state index is 13.4. The first kappa shape index (κ1) is 22.6. The van der Waals surface area contributed by atoms with Crippen molar-refractivity contribution in [2.75, 3.05) is 27.2 Å². The second-order valence-electron chi connectivity index (χ2n) is 9.12. The van der Waals surface area contributed by atoms with Crippen LogP contribution in [0.4, 0.5) is 0 Å². The van der Waals surface area contributed by atoms with E-state index in [0.717, 1.165) is 43.1 Å². The van der Waals surface area contributed by atoms with E-state index in [1.54, 1.807) is 24.3 Å². The lowest BCUT2D eigenvalue weighted by Crippen LogP contribution is -2.43. The van der Waals surface area contributed by atoms with Gasteiger partial charge in [-0.2, -0.15) is 0 Å². The number of methoxy groups -OCH3 is 1. The molecule has 0 spiro atoms. The standard InChI is InChI=1S/C26H35N3O3/c1-19-17-27-13-10-20(19)18-28(2)26(30)24-16-23(31-3)8-9-25(24)32-22-11-14-29(15-12-22)21-6-4-5-7-21/h8-10,13,16-17,21-22H,4-7,11-12,14-15,18H2,1-3H3. The minimum absolute atomic E-state index is 0.0708. The number of nitrogens with zero attached hydrogens (tertiary/aromatic N) is 3. The van der Waals surface area contributed by atoms with E-state index in [1.807, 2.05) is 38.4 Å². The maximum absolute atomic E-state index is 13.4. The van der Waals surface area contributed by atoms with Gasteiger partial charge in [-0.1, -0.05) is 12.8 Å². The number of aryl methyl sites for hydroxylation is 1. The van der Waals surface area contributed by atoms with Crippen LogP contribution in [0, 0.1) is 6.92 Å². The van der Waals surface area contributed by atoms with Crippen LogP contribution in [0.3, 0.4) is 0 Å². The van der Waals surface area contributed by atoms with Gasteiger partial charge in [-0.25, -0.2) is 0 Å². The van der Waals surface area contributed by atoms with Crippen LogP contribution in [0.25, 0.3) is 0 Å². The summed E-state index contributed by atoms with van der Waals surface area (Å²) in [5, 5.41) is 0. The van der Waals surface area contributed by atoms with Crippen LogP contribution in [-0.2, 0) is 6.54 Å². The molecule has 1 aliphatic carbocycles. The third-order valence-corrected chi connectivity index (χ3v) is 6.92. The minimum Gasteiger partial charge on any atom is -0.497 e. The van der Waals surface area contributed by atoms with Crippen molar-refractivity contribution in [1.29, 1.82) is 0 Å². The van der Waals surface area contributed by atoms with Gasteiger partial charge >= 0.3 is 0 Å². The Morgan fingerprint density at radius 1 is 1.16 bits per heavy atom. The van der Waals surface area contributed by atoms with Gasteiger partial charge in [0.25, 0.3) is 5.91 Å². The Kier molecular flexibility index (Phi) is 7.30. The van der Waals surface area contributed by atoms with Crippen molar-refractivity contribution in [3.8, 4) is 11.5 Å². The molecule has 0 bridgehead atoms. The van der Waals surface area contributed by atoms with Gasteiger partial charge in [0.05, 0.1) is 12.7 Å². The number of carbonyl (C=O) groups excluding carboxylic acids is 1. The number of carbonyl (C=O) groups is 1. The molecule has 1 saturated carbocycles. The van der Waals surface area contributed by atoms with Crippen LogP contribution in [0.1, 0.15) is 60.0 Å². The summed E-state index contributed by atoms with van der Waals surface area (Å²) in [6, 6.07) is 8.26. The van der Waals surface area contributed by atoms with Crippen LogP contribution < -0.4 is 9.47 Å². The second kappa shape index (κ2) is 10.3. The fraction of sp³-hybridized carbons (Fsp3) is 0.538. The van der Waals surface area contributed by atoms with Crippen LogP contribution in [0.5, 0.6) is 11.5 Å². The number of pyridine rings is 1. The fourth-order valence-electron chi connectivity index (χ4n) is 4.93. The van der Waals surface area contributed by atoms with Crippen LogP contribution >= 0.6 is 0 Å². The van der Waals surface area contributed by atoms with Gasteiger partial charge < -0.3 is 19.3 Å². The molecule has 0 unspecified atom stereocenters. The maximum Gasteiger partial charge on any atom is 0.257 e. The molecule has 1 saturated heterocycles. The molecule has 1 aliphatic heterocycles. The minimum atomic E-state index is -0.0708. The number of hydrogen-bond donors (Lipinski definition) is 0. The highest BCUT2D eigenvalue weighted by atomic mass is 16.5. The number of piperidine rings is 1. The van der Waals surface area contributed by atoms with E-state index in [9.17, 15) is 4.79 Å². The van der Waals surface area contributed by atoms with Gasteiger partial charge in [0.15, 0.2) is 0 Å². The predicted molar refractivity (Wildman–Crippen MR) is 125 cm³/mol. The summed E-state index contributed by atoms with van der Waals surface area (Å²) in [5.41, 5.74) is 2.71. The molecule has 6 heteroatoms. The summed E-state index contributed by atoms with van der Waals surface area (Å²) in [4.78, 5) is 21.9. The molecule has 6 nitrogen and oxygen atoms in total. The van der Waals surface area contributed by atoms with Crippen LogP contribution in [0.2, 0.25) is 0 Å². The number of likely N-dealkylation sites (tertiary alicyclic amines) is 1. The van der Waals surface area contributed by atoms with E-state index >= 15 is 0 Å². The Balaban J connectivity index is 1.45. The Labute approximate surface area is 191 Å². The van der Waals surface area contributed by atoms with E-state index in [-0.39, 0.29) is 12.0 Å². The van der Waals surface area contributed by atoms with E-state index in [2.05, 4.69) is 9.88 Å². The highest BCUT2D eigenvalue weighted by Crippen LogP contribution is 2.31. The zero-order valence-corrected chi connectivity index (χ0v) is 19.5. The molecule has 2 fully saturated rings. The average molecular weight is 438 g/mol. The predicted octanol–water partition coefficient (Wildman–Crippen LogP) is 4.46. The first-order valence-corrected chi connectivity index (χ1v) is 11.8. The quantitative estimate of drug-likeness (QED) is 0.640. The number of amides is 1. The molecule has 0 atom stereocenters. The van der Waals surface area contributed by atoms with E-state index < -0.39 is 0 Å². The number of hydrogen-bond acceptors (Lipinski definition) is 5. The van der Waals surface area contributed by atoms with Crippen molar-refractivity contribution in [3.63, 3.8) is 0 Å². The Morgan fingerprint density at radius 2 is 1.91 bits per heavy atom. The molecular weight excluding hydrogens is 402 g/mol. The van der Waals surface area contributed by atoms with Gasteiger partial charge in [-0.15, -0.1) is 0 Å². The van der Waals surface area contributed by atoms with Gasteiger partial charge in [0, 0.05) is 45.1 Å². The number of benzene rings is 1. The Morgan fingerprint density at radius 3 is 2.59 bits per heavy atom. The van der Waals surface area contributed by atoms with E-state index in [1.165, 1.54) is 25.7 Å². The van der Waals surface area contributed by atoms with Gasteiger partial charge in [-0.3, -0.25) is 9.78 Å². The fourth-order valence-corrected chi connectivity index (χ4v) is 4.93. The molecule has 0 radical (unpaired) electrons. The summed E-state index contributed by atoms with van der Waals surface area (Å²) < 4.78 is 11.8. The molecule has 32 heavy (non-hydrogen) atoms. The highest BCUT2D eigenvalue weighted by molar-refractivity contribution is 5.97. The lowest BCUT2D eigenvalue weighted by atomic mass is 10.0. The smallest absolute Gasteiger partial charge is 0.257 e. The van der Waals surface area contributed by atoms with Gasteiger partial charge in [0.1, 0.15) is 17.6 Å². The summed E-state index contributed by atoms with van der Waals surface area (Å²) in [5.74, 6) is 1.23. The van der Waals surface area contributed by atoms with Crippen molar-refractivity contribution in [2.45, 2.75) is 64.1 Å². The molecule has 2 heterocycles. The highest BCUT2D eigenvalue weighted by Gasteiger charge is 2.29. The third kappa shape index (κ3) is 5.23. The summed E-state index contributed by atoms with van der Waals surface area (Å²) >= 11 is 0. The summed E-state index contributed by atoms with van der Waals surface area (Å²) in [6.07, 6.45) is 11.1. The second-order valence-corrected chi connectivity index (χ2v) is 9.12. The van der Waals surface area contributed by atoms with E-state index in [4.69, 9.17) is 9.47 Å². The Hall–Kier alpha value is -2.60. The Bertz CT molecular complexity index is 918. The SMILES string of the molecule is COc1ccc(OC2CCN(C3CCCC3)CC2)c(C(=O)N(C)Cc2ccncc2C)c1. The summed E-state index contributed by atoms with van der Waals surface area (Å²) in [7, 11) is 3.44. The molecular formula is C26H35N3O3. The van der Waals surface area contributed by atoms with Crippen LogP contribution in [-0.4, -0.2) is 60.1 Å². The number of aromatic nitrogens is 1. The molecule has 4 rings (SSSR count). The largest absolute Gasteiger partial charge is 0.497 e. The van der Waals surface area contributed by atoms with Crippen molar-refractivity contribution in [1.82, 2.24) is 14.8 Å². The van der Waals surface area contributed by atoms with Gasteiger partial charge in [-0.05, 0) is 68.0 Å².